The Kier molecular flexibility index (Phi) is 4.16. The van der Waals surface area contributed by atoms with E-state index in [0.717, 1.165) is 17.7 Å². The number of rotatable bonds is 2. The molecule has 0 spiro atoms. The average Bonchev–Trinajstić information content (AvgIpc) is 2.52. The van der Waals surface area contributed by atoms with E-state index in [4.69, 9.17) is 4.74 Å². The number of ether oxygens (including phenoxy) is 1. The zero-order valence-electron chi connectivity index (χ0n) is 14.6. The average molecular weight is 325 g/mol. The van der Waals surface area contributed by atoms with Gasteiger partial charge in [-0.1, -0.05) is 44.2 Å². The van der Waals surface area contributed by atoms with Crippen molar-refractivity contribution in [1.82, 2.24) is 0 Å². The third-order valence-electron chi connectivity index (χ3n) is 4.93. The number of nitrogens with zero attached hydrogens (tertiary/aromatic N) is 1. The molecule has 1 aromatic carbocycles. The van der Waals surface area contributed by atoms with Crippen LogP contribution in [-0.4, -0.2) is 24.6 Å². The smallest absolute Gasteiger partial charge is 0.336 e. The van der Waals surface area contributed by atoms with Crippen molar-refractivity contribution in [3.05, 3.63) is 47.2 Å². The molecule has 3 rings (SSSR count). The second kappa shape index (κ2) is 6.00. The topological polar surface area (TPSA) is 55.7 Å². The molecule has 0 radical (unpaired) electrons. The SMILES string of the molecule is COC(=O)C1=C(C)N=C2CC(C)(C)CC(=O)C2C1c1ccccc1. The fourth-order valence-electron chi connectivity index (χ4n) is 3.99. The summed E-state index contributed by atoms with van der Waals surface area (Å²) in [5, 5.41) is 0. The van der Waals surface area contributed by atoms with Crippen LogP contribution in [0.5, 0.6) is 0 Å². The molecule has 1 fully saturated rings. The molecule has 2 unspecified atom stereocenters. The van der Waals surface area contributed by atoms with E-state index < -0.39 is 5.97 Å². The van der Waals surface area contributed by atoms with Gasteiger partial charge in [0.05, 0.1) is 18.6 Å². The highest BCUT2D eigenvalue weighted by Crippen LogP contribution is 2.46. The summed E-state index contributed by atoms with van der Waals surface area (Å²) in [6.45, 7) is 6.02. The molecule has 1 aliphatic carbocycles. The Morgan fingerprint density at radius 1 is 1.17 bits per heavy atom. The Labute approximate surface area is 142 Å². The number of ketones is 1. The minimum atomic E-state index is -0.401. The van der Waals surface area contributed by atoms with Gasteiger partial charge in [0.25, 0.3) is 0 Å². The normalized spacial score (nSPS) is 25.8. The third-order valence-corrected chi connectivity index (χ3v) is 4.93. The minimum absolute atomic E-state index is 0.0866. The molecule has 4 heteroatoms. The van der Waals surface area contributed by atoms with E-state index in [9.17, 15) is 9.59 Å². The van der Waals surface area contributed by atoms with Gasteiger partial charge in [0, 0.05) is 23.7 Å². The first-order chi connectivity index (χ1) is 11.3. The number of aliphatic imine (C=N–C) groups is 1. The molecule has 4 nitrogen and oxygen atoms in total. The highest BCUT2D eigenvalue weighted by molar-refractivity contribution is 6.12. The largest absolute Gasteiger partial charge is 0.466 e. The highest BCUT2D eigenvalue weighted by atomic mass is 16.5. The van der Waals surface area contributed by atoms with Gasteiger partial charge in [-0.3, -0.25) is 9.79 Å². The highest BCUT2D eigenvalue weighted by Gasteiger charge is 2.47. The second-order valence-corrected chi connectivity index (χ2v) is 7.44. The zero-order chi connectivity index (χ0) is 17.5. The van der Waals surface area contributed by atoms with Crippen molar-refractivity contribution in [2.24, 2.45) is 16.3 Å². The number of fused-ring (bicyclic) bond motifs is 1. The lowest BCUT2D eigenvalue weighted by Crippen LogP contribution is -2.44. The Hall–Kier alpha value is -2.23. The molecule has 1 aliphatic heterocycles. The van der Waals surface area contributed by atoms with Gasteiger partial charge in [0.15, 0.2) is 0 Å². The number of methoxy groups -OCH3 is 1. The van der Waals surface area contributed by atoms with Crippen molar-refractivity contribution in [2.45, 2.75) is 39.5 Å². The van der Waals surface area contributed by atoms with Gasteiger partial charge in [-0.2, -0.15) is 0 Å². The first-order valence-electron chi connectivity index (χ1n) is 8.28. The Bertz CT molecular complexity index is 743. The molecular formula is C20H23NO3. The summed E-state index contributed by atoms with van der Waals surface area (Å²) in [7, 11) is 1.37. The fraction of sp³-hybridized carbons (Fsp3) is 0.450. The molecule has 1 aromatic rings. The van der Waals surface area contributed by atoms with Crippen LogP contribution in [0.4, 0.5) is 0 Å². The van der Waals surface area contributed by atoms with Crippen molar-refractivity contribution >= 4 is 17.5 Å². The van der Waals surface area contributed by atoms with Crippen molar-refractivity contribution < 1.29 is 14.3 Å². The van der Waals surface area contributed by atoms with Gasteiger partial charge in [-0.05, 0) is 24.3 Å². The lowest BCUT2D eigenvalue weighted by molar-refractivity contribution is -0.136. The number of allylic oxidation sites excluding steroid dienone is 1. The number of esters is 1. The number of carbonyl (C=O) groups excluding carboxylic acids is 2. The predicted molar refractivity (Wildman–Crippen MR) is 92.8 cm³/mol. The van der Waals surface area contributed by atoms with E-state index in [1.807, 2.05) is 37.3 Å². The summed E-state index contributed by atoms with van der Waals surface area (Å²) in [5.41, 5.74) is 2.94. The Balaban J connectivity index is 2.18. The fourth-order valence-corrected chi connectivity index (χ4v) is 3.99. The maximum atomic E-state index is 12.9. The summed E-state index contributed by atoms with van der Waals surface area (Å²) in [6, 6.07) is 9.74. The van der Waals surface area contributed by atoms with Crippen molar-refractivity contribution in [1.29, 1.82) is 0 Å². The van der Waals surface area contributed by atoms with Gasteiger partial charge in [0.1, 0.15) is 5.78 Å². The van der Waals surface area contributed by atoms with Crippen LogP contribution in [0.15, 0.2) is 46.6 Å². The summed E-state index contributed by atoms with van der Waals surface area (Å²) in [4.78, 5) is 30.0. The lowest BCUT2D eigenvalue weighted by atomic mass is 9.63. The van der Waals surface area contributed by atoms with Crippen LogP contribution in [-0.2, 0) is 14.3 Å². The molecule has 2 atom stereocenters. The molecule has 0 aromatic heterocycles. The Morgan fingerprint density at radius 2 is 1.83 bits per heavy atom. The van der Waals surface area contributed by atoms with Crippen LogP contribution in [0.2, 0.25) is 0 Å². The van der Waals surface area contributed by atoms with E-state index >= 15 is 0 Å². The number of hydrogen-bond donors (Lipinski definition) is 0. The molecule has 0 amide bonds. The third kappa shape index (κ3) is 2.81. The standard InChI is InChI=1S/C20H23NO3/c1-12-16(19(23)24-4)17(13-8-6-5-7-9-13)18-14(21-12)10-20(2,3)11-15(18)22/h5-9,17-18H,10-11H2,1-4H3. The van der Waals surface area contributed by atoms with Crippen molar-refractivity contribution in [3.63, 3.8) is 0 Å². The number of carbonyl (C=O) groups is 2. The molecule has 1 saturated carbocycles. The zero-order valence-corrected chi connectivity index (χ0v) is 14.6. The molecule has 1 heterocycles. The molecule has 0 bridgehead atoms. The second-order valence-electron chi connectivity index (χ2n) is 7.44. The van der Waals surface area contributed by atoms with Gasteiger partial charge in [0.2, 0.25) is 0 Å². The van der Waals surface area contributed by atoms with Crippen LogP contribution in [0.1, 0.15) is 45.1 Å². The van der Waals surface area contributed by atoms with Crippen LogP contribution in [0.3, 0.4) is 0 Å². The molecule has 126 valence electrons. The van der Waals surface area contributed by atoms with Crippen LogP contribution in [0, 0.1) is 11.3 Å². The van der Waals surface area contributed by atoms with Gasteiger partial charge in [-0.15, -0.1) is 0 Å². The first-order valence-corrected chi connectivity index (χ1v) is 8.28. The molecule has 0 N–H and O–H groups in total. The minimum Gasteiger partial charge on any atom is -0.466 e. The summed E-state index contributed by atoms with van der Waals surface area (Å²) in [5.74, 6) is -0.914. The van der Waals surface area contributed by atoms with Gasteiger partial charge in [-0.25, -0.2) is 4.79 Å². The van der Waals surface area contributed by atoms with E-state index in [-0.39, 0.29) is 23.0 Å². The molecular weight excluding hydrogens is 302 g/mol. The molecule has 0 saturated heterocycles. The van der Waals surface area contributed by atoms with Crippen molar-refractivity contribution in [2.75, 3.05) is 7.11 Å². The van der Waals surface area contributed by atoms with Gasteiger partial charge < -0.3 is 4.74 Å². The van der Waals surface area contributed by atoms with Crippen molar-refractivity contribution in [3.8, 4) is 0 Å². The maximum Gasteiger partial charge on any atom is 0.336 e. The van der Waals surface area contributed by atoms with Crippen LogP contribution < -0.4 is 0 Å². The van der Waals surface area contributed by atoms with Crippen LogP contribution >= 0.6 is 0 Å². The summed E-state index contributed by atoms with van der Waals surface area (Å²) >= 11 is 0. The van der Waals surface area contributed by atoms with E-state index in [1.165, 1.54) is 7.11 Å². The predicted octanol–water partition coefficient (Wildman–Crippen LogP) is 3.68. The quantitative estimate of drug-likeness (QED) is 0.780. The van der Waals surface area contributed by atoms with E-state index in [0.29, 0.717) is 17.7 Å². The van der Waals surface area contributed by atoms with E-state index in [2.05, 4.69) is 18.8 Å². The Morgan fingerprint density at radius 3 is 2.46 bits per heavy atom. The monoisotopic (exact) mass is 325 g/mol. The lowest BCUT2D eigenvalue weighted by Gasteiger charge is -2.41. The first kappa shape index (κ1) is 16.6. The molecule has 24 heavy (non-hydrogen) atoms. The summed E-state index contributed by atoms with van der Waals surface area (Å²) in [6.07, 6.45) is 1.28. The van der Waals surface area contributed by atoms with Gasteiger partial charge >= 0.3 is 5.97 Å². The van der Waals surface area contributed by atoms with Crippen LogP contribution in [0.25, 0.3) is 0 Å². The number of Topliss-reactive ketones (excluding diaryl/α,β-unsaturated/α-hetero) is 1. The van der Waals surface area contributed by atoms with E-state index in [1.54, 1.807) is 0 Å². The number of benzene rings is 1. The summed E-state index contributed by atoms with van der Waals surface area (Å²) < 4.78 is 4.99. The maximum absolute atomic E-state index is 12.9. The molecule has 2 aliphatic rings. The number of hydrogen-bond acceptors (Lipinski definition) is 4.